The van der Waals surface area contributed by atoms with E-state index in [-0.39, 0.29) is 37.1 Å². The van der Waals surface area contributed by atoms with Crippen molar-refractivity contribution in [2.24, 2.45) is 0 Å². The summed E-state index contributed by atoms with van der Waals surface area (Å²) in [6.07, 6.45) is 0.462. The first-order valence-corrected chi connectivity index (χ1v) is 8.51. The van der Waals surface area contributed by atoms with Gasteiger partial charge in [-0.1, -0.05) is 12.1 Å². The second-order valence-corrected chi connectivity index (χ2v) is 6.24. The molecule has 0 spiro atoms. The van der Waals surface area contributed by atoms with E-state index in [9.17, 15) is 29.4 Å². The number of carbonyl (C=O) groups is 3. The molecular weight excluding hydrogens is 368 g/mol. The van der Waals surface area contributed by atoms with E-state index >= 15 is 0 Å². The van der Waals surface area contributed by atoms with E-state index in [1.807, 2.05) is 0 Å². The summed E-state index contributed by atoms with van der Waals surface area (Å²) >= 11 is 0. The number of hydrogen-bond acceptors (Lipinski definition) is 5. The van der Waals surface area contributed by atoms with Crippen LogP contribution in [0.5, 0.6) is 5.75 Å². The first-order chi connectivity index (χ1) is 13.2. The number of carboxylic acid groups (broad SMARTS) is 2. The van der Waals surface area contributed by atoms with Gasteiger partial charge in [0, 0.05) is 30.7 Å². The van der Waals surface area contributed by atoms with Crippen molar-refractivity contribution in [1.82, 2.24) is 10.3 Å². The maximum Gasteiger partial charge on any atom is 0.326 e. The lowest BCUT2D eigenvalue weighted by molar-refractivity contribution is -0.139. The van der Waals surface area contributed by atoms with Gasteiger partial charge in [-0.05, 0) is 30.5 Å². The summed E-state index contributed by atoms with van der Waals surface area (Å²) in [7, 11) is 0. The molecule has 148 valence electrons. The standard InChI is InChI=1S/C19H20N2O7/c22-13-6-4-11(5-7-13)8-16(19(27)28)21-18(26)15-10-14(23)9-12(20-15)2-1-3-17(24)25/h4-7,9-10,16,22H,1-3,8H2,(H,20,23)(H,21,26)(H,24,25)(H,27,28). The zero-order chi connectivity index (χ0) is 20.7. The number of phenols is 1. The summed E-state index contributed by atoms with van der Waals surface area (Å²) < 4.78 is 0. The lowest BCUT2D eigenvalue weighted by Crippen LogP contribution is -2.42. The summed E-state index contributed by atoms with van der Waals surface area (Å²) in [5.74, 6) is -2.93. The van der Waals surface area contributed by atoms with Gasteiger partial charge in [0.15, 0.2) is 5.43 Å². The van der Waals surface area contributed by atoms with Gasteiger partial charge in [0.05, 0.1) is 0 Å². The van der Waals surface area contributed by atoms with Crippen molar-refractivity contribution in [3.63, 3.8) is 0 Å². The SMILES string of the molecule is O=C(O)CCCc1cc(=O)cc(C(=O)NC(Cc2ccc(O)cc2)C(=O)O)[nH]1. The zero-order valence-electron chi connectivity index (χ0n) is 14.8. The van der Waals surface area contributed by atoms with Crippen molar-refractivity contribution in [1.29, 1.82) is 0 Å². The molecule has 5 N–H and O–H groups in total. The fraction of sp³-hybridized carbons (Fsp3) is 0.263. The Labute approximate surface area is 159 Å². The Hall–Kier alpha value is -3.62. The Balaban J connectivity index is 2.11. The fourth-order valence-corrected chi connectivity index (χ4v) is 2.59. The number of hydrogen-bond donors (Lipinski definition) is 5. The number of rotatable bonds is 9. The second kappa shape index (κ2) is 9.36. The number of aromatic amines is 1. The molecule has 0 aliphatic heterocycles. The van der Waals surface area contributed by atoms with E-state index in [1.54, 1.807) is 12.1 Å². The minimum Gasteiger partial charge on any atom is -0.508 e. The highest BCUT2D eigenvalue weighted by atomic mass is 16.4. The Kier molecular flexibility index (Phi) is 6.91. The number of pyridine rings is 1. The first kappa shape index (κ1) is 20.7. The van der Waals surface area contributed by atoms with E-state index in [4.69, 9.17) is 5.11 Å². The maximum atomic E-state index is 12.4. The predicted molar refractivity (Wildman–Crippen MR) is 98.3 cm³/mol. The molecule has 0 saturated carbocycles. The molecule has 2 aromatic rings. The number of H-pyrrole nitrogens is 1. The van der Waals surface area contributed by atoms with Crippen LogP contribution in [-0.4, -0.2) is 44.2 Å². The van der Waals surface area contributed by atoms with Gasteiger partial charge in [0.2, 0.25) is 0 Å². The number of carboxylic acids is 2. The monoisotopic (exact) mass is 388 g/mol. The van der Waals surface area contributed by atoms with Gasteiger partial charge in [0.1, 0.15) is 17.5 Å². The zero-order valence-corrected chi connectivity index (χ0v) is 14.8. The van der Waals surface area contributed by atoms with Crippen molar-refractivity contribution in [2.75, 3.05) is 0 Å². The third kappa shape index (κ3) is 6.27. The molecule has 1 atom stereocenters. The number of nitrogens with one attached hydrogen (secondary N) is 2. The van der Waals surface area contributed by atoms with E-state index < -0.39 is 29.3 Å². The topological polar surface area (TPSA) is 157 Å². The first-order valence-electron chi connectivity index (χ1n) is 8.51. The molecular formula is C19H20N2O7. The van der Waals surface area contributed by atoms with Gasteiger partial charge in [-0.25, -0.2) is 4.79 Å². The molecule has 28 heavy (non-hydrogen) atoms. The fourth-order valence-electron chi connectivity index (χ4n) is 2.59. The number of aliphatic carboxylic acids is 2. The van der Waals surface area contributed by atoms with Crippen LogP contribution in [0.4, 0.5) is 0 Å². The molecule has 0 saturated heterocycles. The molecule has 1 aromatic heterocycles. The van der Waals surface area contributed by atoms with Crippen LogP contribution >= 0.6 is 0 Å². The van der Waals surface area contributed by atoms with Crippen molar-refractivity contribution in [3.8, 4) is 5.75 Å². The summed E-state index contributed by atoms with van der Waals surface area (Å²) in [6.45, 7) is 0. The highest BCUT2D eigenvalue weighted by Gasteiger charge is 2.22. The molecule has 9 nitrogen and oxygen atoms in total. The third-order valence-corrected chi connectivity index (χ3v) is 3.96. The Morgan fingerprint density at radius 1 is 1.07 bits per heavy atom. The number of carbonyl (C=O) groups excluding carboxylic acids is 1. The van der Waals surface area contributed by atoms with E-state index in [0.29, 0.717) is 11.3 Å². The highest BCUT2D eigenvalue weighted by molar-refractivity contribution is 5.95. The minimum absolute atomic E-state index is 0.0100. The van der Waals surface area contributed by atoms with Crippen LogP contribution < -0.4 is 10.7 Å². The third-order valence-electron chi connectivity index (χ3n) is 3.96. The van der Waals surface area contributed by atoms with Crippen LogP contribution in [0, 0.1) is 0 Å². The number of amides is 1. The number of benzene rings is 1. The summed E-state index contributed by atoms with van der Waals surface area (Å²) in [5.41, 5.74) is 0.445. The lowest BCUT2D eigenvalue weighted by Gasteiger charge is -2.15. The van der Waals surface area contributed by atoms with Gasteiger partial charge >= 0.3 is 11.9 Å². The van der Waals surface area contributed by atoms with Crippen LogP contribution in [0.3, 0.4) is 0 Å². The number of phenolic OH excluding ortho intramolecular Hbond substituents is 1. The van der Waals surface area contributed by atoms with Gasteiger partial charge in [-0.3, -0.25) is 14.4 Å². The minimum atomic E-state index is -1.25. The molecule has 0 aliphatic rings. The van der Waals surface area contributed by atoms with Gasteiger partial charge in [-0.15, -0.1) is 0 Å². The average Bonchev–Trinajstić information content (AvgIpc) is 2.62. The molecule has 1 heterocycles. The molecule has 0 bridgehead atoms. The summed E-state index contributed by atoms with van der Waals surface area (Å²) in [4.78, 5) is 49.0. The smallest absolute Gasteiger partial charge is 0.326 e. The maximum absolute atomic E-state index is 12.4. The quantitative estimate of drug-likeness (QED) is 0.427. The van der Waals surface area contributed by atoms with Crippen molar-refractivity contribution in [3.05, 3.63) is 63.6 Å². The lowest BCUT2D eigenvalue weighted by atomic mass is 10.1. The second-order valence-electron chi connectivity index (χ2n) is 6.24. The molecule has 0 radical (unpaired) electrons. The number of aryl methyl sites for hydroxylation is 1. The summed E-state index contributed by atoms with van der Waals surface area (Å²) in [5, 5.41) is 29.7. The van der Waals surface area contributed by atoms with Crippen LogP contribution in [0.1, 0.15) is 34.6 Å². The predicted octanol–water partition coefficient (Wildman–Crippen LogP) is 0.913. The van der Waals surface area contributed by atoms with Crippen LogP contribution in [0.2, 0.25) is 0 Å². The normalized spacial score (nSPS) is 11.6. The largest absolute Gasteiger partial charge is 0.508 e. The average molecular weight is 388 g/mol. The van der Waals surface area contributed by atoms with Gasteiger partial charge in [0.25, 0.3) is 5.91 Å². The van der Waals surface area contributed by atoms with Crippen molar-refractivity contribution < 1.29 is 29.7 Å². The van der Waals surface area contributed by atoms with Crippen LogP contribution in [-0.2, 0) is 22.4 Å². The highest BCUT2D eigenvalue weighted by Crippen LogP contribution is 2.12. The Morgan fingerprint density at radius 3 is 2.36 bits per heavy atom. The van der Waals surface area contributed by atoms with Gasteiger partial charge in [-0.2, -0.15) is 0 Å². The van der Waals surface area contributed by atoms with Gasteiger partial charge < -0.3 is 25.6 Å². The van der Waals surface area contributed by atoms with Crippen LogP contribution in [0.25, 0.3) is 0 Å². The molecule has 2 rings (SSSR count). The van der Waals surface area contributed by atoms with Crippen molar-refractivity contribution in [2.45, 2.75) is 31.7 Å². The summed E-state index contributed by atoms with van der Waals surface area (Å²) in [6, 6.07) is 6.99. The molecule has 0 aliphatic carbocycles. The van der Waals surface area contributed by atoms with E-state index in [1.165, 1.54) is 18.2 Å². The molecule has 0 fully saturated rings. The Bertz CT molecular complexity index is 919. The molecule has 1 unspecified atom stereocenters. The molecule has 1 amide bonds. The van der Waals surface area contributed by atoms with Crippen LogP contribution in [0.15, 0.2) is 41.2 Å². The molecule has 9 heteroatoms. The van der Waals surface area contributed by atoms with E-state index in [2.05, 4.69) is 10.3 Å². The number of aromatic hydroxyl groups is 1. The van der Waals surface area contributed by atoms with E-state index in [0.717, 1.165) is 6.07 Å². The Morgan fingerprint density at radius 2 is 1.75 bits per heavy atom. The van der Waals surface area contributed by atoms with Crippen molar-refractivity contribution >= 4 is 17.8 Å². The molecule has 1 aromatic carbocycles. The number of aromatic nitrogens is 1.